The molecule has 1 aromatic rings. The average Bonchev–Trinajstić information content (AvgIpc) is 2.65. The van der Waals surface area contributed by atoms with Crippen molar-refractivity contribution in [2.45, 2.75) is 18.8 Å². The summed E-state index contributed by atoms with van der Waals surface area (Å²) in [6.07, 6.45) is 1.72. The fourth-order valence-corrected chi connectivity index (χ4v) is 3.40. The molecule has 27 heavy (non-hydrogen) atoms. The lowest BCUT2D eigenvalue weighted by Gasteiger charge is -2.28. The molecule has 1 N–H and O–H groups in total. The minimum atomic E-state index is -1.40. The maximum Gasteiger partial charge on any atom is 0.320 e. The van der Waals surface area contributed by atoms with Crippen molar-refractivity contribution in [3.63, 3.8) is 0 Å². The number of nitrogens with zero attached hydrogens (tertiary/aromatic N) is 1. The number of dihydropyridines is 1. The quantitative estimate of drug-likeness (QED) is 0.783. The van der Waals surface area contributed by atoms with Gasteiger partial charge in [0.1, 0.15) is 0 Å². The number of aliphatic imine (C=N–C) groups is 1. The molecular weight excluding hydrogens is 354 g/mol. The van der Waals surface area contributed by atoms with Crippen LogP contribution in [-0.4, -0.2) is 49.8 Å². The number of amides is 1. The van der Waals surface area contributed by atoms with Crippen LogP contribution in [0.1, 0.15) is 24.3 Å². The smallest absolute Gasteiger partial charge is 0.320 e. The highest BCUT2D eigenvalue weighted by molar-refractivity contribution is 6.29. The van der Waals surface area contributed by atoms with E-state index in [-0.39, 0.29) is 23.7 Å². The van der Waals surface area contributed by atoms with Crippen LogP contribution in [-0.2, 0) is 14.4 Å². The van der Waals surface area contributed by atoms with Crippen molar-refractivity contribution in [1.29, 1.82) is 0 Å². The van der Waals surface area contributed by atoms with Crippen molar-refractivity contribution in [3.8, 4) is 17.2 Å². The number of carboxylic acids is 1. The molecule has 1 fully saturated rings. The molecule has 2 unspecified atom stereocenters. The van der Waals surface area contributed by atoms with Crippen molar-refractivity contribution in [2.75, 3.05) is 21.3 Å². The molecule has 8 heteroatoms. The number of ketones is 1. The predicted molar refractivity (Wildman–Crippen MR) is 94.7 cm³/mol. The Morgan fingerprint density at radius 1 is 1.07 bits per heavy atom. The number of ether oxygens (including phenoxy) is 3. The third kappa shape index (κ3) is 3.30. The molecule has 2 atom stereocenters. The molecule has 0 spiro atoms. The minimum absolute atomic E-state index is 0.171. The summed E-state index contributed by atoms with van der Waals surface area (Å²) in [6.45, 7) is 0. The topological polar surface area (TPSA) is 111 Å². The third-order valence-electron chi connectivity index (χ3n) is 4.75. The number of rotatable bonds is 5. The van der Waals surface area contributed by atoms with Crippen LogP contribution >= 0.6 is 0 Å². The molecule has 3 rings (SSSR count). The van der Waals surface area contributed by atoms with Gasteiger partial charge in [0.2, 0.25) is 5.75 Å². The van der Waals surface area contributed by atoms with Crippen LogP contribution in [0.3, 0.4) is 0 Å². The lowest BCUT2D eigenvalue weighted by Crippen LogP contribution is -2.33. The predicted octanol–water partition coefficient (Wildman–Crippen LogP) is 1.77. The lowest BCUT2D eigenvalue weighted by atomic mass is 9.77. The van der Waals surface area contributed by atoms with Crippen LogP contribution in [0.2, 0.25) is 0 Å². The minimum Gasteiger partial charge on any atom is -0.493 e. The largest absolute Gasteiger partial charge is 0.493 e. The van der Waals surface area contributed by atoms with Crippen molar-refractivity contribution in [3.05, 3.63) is 29.3 Å². The van der Waals surface area contributed by atoms with Crippen LogP contribution in [0.4, 0.5) is 0 Å². The molecule has 2 aliphatic rings. The number of allylic oxidation sites excluding steroid dienone is 1. The van der Waals surface area contributed by atoms with E-state index in [2.05, 4.69) is 4.99 Å². The highest BCUT2D eigenvalue weighted by Crippen LogP contribution is 2.43. The molecular formula is C19H19NO7. The van der Waals surface area contributed by atoms with Crippen molar-refractivity contribution in [2.24, 2.45) is 10.9 Å². The van der Waals surface area contributed by atoms with Gasteiger partial charge in [-0.15, -0.1) is 0 Å². The summed E-state index contributed by atoms with van der Waals surface area (Å²) < 4.78 is 16.0. The Morgan fingerprint density at radius 3 is 2.22 bits per heavy atom. The highest BCUT2D eigenvalue weighted by atomic mass is 16.5. The maximum atomic E-state index is 12.6. The molecule has 1 amide bonds. The second kappa shape index (κ2) is 7.22. The number of aliphatic carboxylic acids is 1. The normalized spacial score (nSPS) is 21.7. The van der Waals surface area contributed by atoms with Crippen LogP contribution in [0, 0.1) is 5.92 Å². The molecule has 1 heterocycles. The lowest BCUT2D eigenvalue weighted by molar-refractivity contribution is -0.143. The Morgan fingerprint density at radius 2 is 1.70 bits per heavy atom. The second-order valence-corrected chi connectivity index (χ2v) is 6.28. The monoisotopic (exact) mass is 373 g/mol. The van der Waals surface area contributed by atoms with E-state index in [1.807, 2.05) is 0 Å². The van der Waals surface area contributed by atoms with Crippen LogP contribution in [0.15, 0.2) is 28.8 Å². The molecule has 0 saturated heterocycles. The number of methoxy groups -OCH3 is 3. The van der Waals surface area contributed by atoms with Gasteiger partial charge in [0.25, 0.3) is 5.91 Å². The van der Waals surface area contributed by atoms with E-state index in [1.54, 1.807) is 12.1 Å². The SMILES string of the molecule is COc1cc(C2CC(=O)C3=CC(C(=O)O)C(=O)N=C3C2)cc(OC)c1OC. The summed E-state index contributed by atoms with van der Waals surface area (Å²) in [5.74, 6) is -2.57. The Bertz CT molecular complexity index is 859. The first-order valence-corrected chi connectivity index (χ1v) is 8.29. The summed E-state index contributed by atoms with van der Waals surface area (Å²) in [7, 11) is 4.51. The number of hydrogen-bond acceptors (Lipinski definition) is 6. The van der Waals surface area contributed by atoms with E-state index in [1.165, 1.54) is 27.4 Å². The van der Waals surface area contributed by atoms with E-state index in [9.17, 15) is 14.4 Å². The summed E-state index contributed by atoms with van der Waals surface area (Å²) in [4.78, 5) is 39.5. The molecule has 142 valence electrons. The summed E-state index contributed by atoms with van der Waals surface area (Å²) in [6, 6.07) is 3.53. The number of carboxylic acid groups (broad SMARTS) is 1. The number of benzene rings is 1. The Hall–Kier alpha value is -3.16. The average molecular weight is 373 g/mol. The van der Waals surface area contributed by atoms with Gasteiger partial charge in [-0.3, -0.25) is 14.4 Å². The fourth-order valence-electron chi connectivity index (χ4n) is 3.40. The fraction of sp³-hybridized carbons (Fsp3) is 0.368. The van der Waals surface area contributed by atoms with Crippen molar-refractivity contribution < 1.29 is 33.7 Å². The van der Waals surface area contributed by atoms with Gasteiger partial charge in [-0.05, 0) is 36.1 Å². The first kappa shape index (κ1) is 18.6. The van der Waals surface area contributed by atoms with Crippen LogP contribution < -0.4 is 14.2 Å². The molecule has 0 radical (unpaired) electrons. The standard InChI is InChI=1S/C19H19NO7/c1-25-15-6-10(7-16(26-2)17(15)27-3)9-4-13-11(14(21)5-9)8-12(19(23)24)18(22)20-13/h6-9,12H,4-5H2,1-3H3,(H,23,24). The Labute approximate surface area is 155 Å². The molecule has 1 saturated carbocycles. The van der Waals surface area contributed by atoms with Gasteiger partial charge in [0, 0.05) is 12.0 Å². The van der Waals surface area contributed by atoms with Gasteiger partial charge in [0.05, 0.1) is 27.0 Å². The number of carbonyl (C=O) groups is 3. The molecule has 1 aliphatic carbocycles. The van der Waals surface area contributed by atoms with Crippen molar-refractivity contribution in [1.82, 2.24) is 0 Å². The van der Waals surface area contributed by atoms with Crippen LogP contribution in [0.5, 0.6) is 17.2 Å². The second-order valence-electron chi connectivity index (χ2n) is 6.28. The summed E-state index contributed by atoms with van der Waals surface area (Å²) in [5, 5.41) is 9.09. The summed E-state index contributed by atoms with van der Waals surface area (Å²) >= 11 is 0. The first-order valence-electron chi connectivity index (χ1n) is 8.29. The Balaban J connectivity index is 1.97. The van der Waals surface area contributed by atoms with Gasteiger partial charge in [-0.1, -0.05) is 0 Å². The van der Waals surface area contributed by atoms with E-state index in [0.717, 1.165) is 5.56 Å². The van der Waals surface area contributed by atoms with E-state index >= 15 is 0 Å². The molecule has 0 aromatic heterocycles. The van der Waals surface area contributed by atoms with E-state index in [4.69, 9.17) is 19.3 Å². The van der Waals surface area contributed by atoms with Gasteiger partial charge >= 0.3 is 5.97 Å². The zero-order valence-corrected chi connectivity index (χ0v) is 15.1. The maximum absolute atomic E-state index is 12.6. The number of hydrogen-bond donors (Lipinski definition) is 1. The van der Waals surface area contributed by atoms with Crippen molar-refractivity contribution >= 4 is 23.4 Å². The zero-order chi connectivity index (χ0) is 19.7. The number of fused-ring (bicyclic) bond motifs is 1. The number of carbonyl (C=O) groups excluding carboxylic acids is 2. The molecule has 8 nitrogen and oxygen atoms in total. The highest BCUT2D eigenvalue weighted by Gasteiger charge is 2.37. The first-order chi connectivity index (χ1) is 12.9. The number of Topliss-reactive ketones (excluding diaryl/α,β-unsaturated/α-hetero) is 1. The van der Waals surface area contributed by atoms with E-state index < -0.39 is 17.8 Å². The van der Waals surface area contributed by atoms with Gasteiger partial charge < -0.3 is 19.3 Å². The molecule has 0 bridgehead atoms. The van der Waals surface area contributed by atoms with Gasteiger partial charge in [-0.2, -0.15) is 0 Å². The van der Waals surface area contributed by atoms with Gasteiger partial charge in [-0.25, -0.2) is 4.99 Å². The van der Waals surface area contributed by atoms with Crippen LogP contribution in [0.25, 0.3) is 0 Å². The molecule has 1 aliphatic heterocycles. The zero-order valence-electron chi connectivity index (χ0n) is 15.1. The summed E-state index contributed by atoms with van der Waals surface area (Å²) in [5.41, 5.74) is 1.34. The molecule has 1 aromatic carbocycles. The van der Waals surface area contributed by atoms with E-state index in [0.29, 0.717) is 29.4 Å². The third-order valence-corrected chi connectivity index (χ3v) is 4.75. The van der Waals surface area contributed by atoms with Gasteiger partial charge in [0.15, 0.2) is 23.2 Å². The Kier molecular flexibility index (Phi) is 4.98.